The Hall–Kier alpha value is -4.13. The lowest BCUT2D eigenvalue weighted by Gasteiger charge is -2.25. The highest BCUT2D eigenvalue weighted by Crippen LogP contribution is 2.40. The van der Waals surface area contributed by atoms with E-state index in [1.807, 2.05) is 13.8 Å². The molecule has 0 heterocycles. The van der Waals surface area contributed by atoms with Crippen LogP contribution in [0.2, 0.25) is 0 Å². The van der Waals surface area contributed by atoms with Crippen LogP contribution < -0.4 is 16.0 Å². The maximum atomic E-state index is 13.5. The van der Waals surface area contributed by atoms with Crippen molar-refractivity contribution in [2.45, 2.75) is 26.8 Å². The fourth-order valence-corrected chi connectivity index (χ4v) is 3.87. The number of hydrogen-bond acceptors (Lipinski definition) is 6. The molecule has 1 aliphatic rings. The number of carbonyl (C=O) groups excluding carboxylic acids is 3. The van der Waals surface area contributed by atoms with Crippen LogP contribution in [0, 0.1) is 0 Å². The Morgan fingerprint density at radius 2 is 1.50 bits per heavy atom. The molecule has 0 saturated carbocycles. The van der Waals surface area contributed by atoms with Crippen molar-refractivity contribution in [1.29, 1.82) is 0 Å². The Kier molecular flexibility index (Phi) is 5.40. The van der Waals surface area contributed by atoms with Crippen molar-refractivity contribution in [3.05, 3.63) is 76.9 Å². The molecule has 0 unspecified atom stereocenters. The van der Waals surface area contributed by atoms with Gasteiger partial charge >= 0.3 is 0 Å². The van der Waals surface area contributed by atoms with Crippen LogP contribution in [0.5, 0.6) is 5.75 Å². The Labute approximate surface area is 185 Å². The molecule has 1 aliphatic carbocycles. The third kappa shape index (κ3) is 3.80. The summed E-state index contributed by atoms with van der Waals surface area (Å²) in [5.41, 5.74) is 2.86. The van der Waals surface area contributed by atoms with E-state index in [0.717, 1.165) is 0 Å². The molecular weight excluding hydrogens is 406 g/mol. The van der Waals surface area contributed by atoms with Crippen LogP contribution in [-0.2, 0) is 4.79 Å². The number of carbonyl (C=O) groups is 3. The number of rotatable bonds is 5. The van der Waals surface area contributed by atoms with E-state index in [9.17, 15) is 19.5 Å². The van der Waals surface area contributed by atoms with E-state index in [1.165, 1.54) is 13.0 Å². The third-order valence-electron chi connectivity index (χ3n) is 5.08. The molecule has 0 bridgehead atoms. The minimum absolute atomic E-state index is 0.00161. The van der Waals surface area contributed by atoms with Gasteiger partial charge < -0.3 is 21.1 Å². The minimum atomic E-state index is -0.430. The molecule has 3 aromatic rings. The predicted octanol–water partition coefficient (Wildman–Crippen LogP) is 4.69. The van der Waals surface area contributed by atoms with E-state index < -0.39 is 5.78 Å². The van der Waals surface area contributed by atoms with Crippen molar-refractivity contribution in [3.8, 4) is 5.75 Å². The molecule has 1 amide bonds. The van der Waals surface area contributed by atoms with E-state index in [0.29, 0.717) is 22.7 Å². The number of hydrogen-bond donors (Lipinski definition) is 4. The van der Waals surface area contributed by atoms with Gasteiger partial charge in [-0.3, -0.25) is 14.4 Å². The van der Waals surface area contributed by atoms with Gasteiger partial charge in [0.2, 0.25) is 5.91 Å². The summed E-state index contributed by atoms with van der Waals surface area (Å²) in [5.74, 6) is -1.19. The van der Waals surface area contributed by atoms with Gasteiger partial charge in [-0.25, -0.2) is 0 Å². The summed E-state index contributed by atoms with van der Waals surface area (Å²) in [5, 5.41) is 19.5. The van der Waals surface area contributed by atoms with Crippen LogP contribution in [0.3, 0.4) is 0 Å². The van der Waals surface area contributed by atoms with Gasteiger partial charge in [-0.05, 0) is 50.2 Å². The quantitative estimate of drug-likeness (QED) is 0.367. The highest BCUT2D eigenvalue weighted by Gasteiger charge is 2.36. The number of ketones is 2. The van der Waals surface area contributed by atoms with Crippen molar-refractivity contribution < 1.29 is 19.5 Å². The number of anilines is 4. The van der Waals surface area contributed by atoms with Crippen molar-refractivity contribution >= 4 is 40.2 Å². The second kappa shape index (κ2) is 8.19. The summed E-state index contributed by atoms with van der Waals surface area (Å²) in [6.07, 6.45) is 0. The number of phenolic OH excluding ortho intramolecular Hbond substituents is 1. The molecule has 0 aromatic heterocycles. The Morgan fingerprint density at radius 3 is 2.22 bits per heavy atom. The maximum absolute atomic E-state index is 13.5. The first kappa shape index (κ1) is 21.1. The zero-order chi connectivity index (χ0) is 23.0. The van der Waals surface area contributed by atoms with Gasteiger partial charge in [0, 0.05) is 35.6 Å². The topological polar surface area (TPSA) is 108 Å². The smallest absolute Gasteiger partial charge is 0.221 e. The van der Waals surface area contributed by atoms with Gasteiger partial charge in [0.1, 0.15) is 5.75 Å². The number of fused-ring (bicyclic) bond motifs is 2. The Balaban J connectivity index is 1.86. The third-order valence-corrected chi connectivity index (χ3v) is 5.08. The largest absolute Gasteiger partial charge is 0.507 e. The van der Waals surface area contributed by atoms with Gasteiger partial charge in [0.25, 0.3) is 0 Å². The molecule has 0 fully saturated rings. The SMILES string of the molecule is CC(=O)Nc1cccc(Nc2ccc(NC(C)C)c3c2C(=O)c2c(O)cccc2C3=O)c1. The van der Waals surface area contributed by atoms with Crippen LogP contribution in [0.25, 0.3) is 0 Å². The average molecular weight is 429 g/mol. The summed E-state index contributed by atoms with van der Waals surface area (Å²) in [4.78, 5) is 38.3. The molecule has 0 saturated heterocycles. The Morgan fingerprint density at radius 1 is 0.844 bits per heavy atom. The van der Waals surface area contributed by atoms with Crippen molar-refractivity contribution in [1.82, 2.24) is 0 Å². The van der Waals surface area contributed by atoms with Gasteiger partial charge in [-0.15, -0.1) is 0 Å². The first-order valence-corrected chi connectivity index (χ1v) is 10.3. The second-order valence-corrected chi connectivity index (χ2v) is 7.95. The highest BCUT2D eigenvalue weighted by atomic mass is 16.3. The summed E-state index contributed by atoms with van der Waals surface area (Å²) < 4.78 is 0. The van der Waals surface area contributed by atoms with Gasteiger partial charge in [-0.1, -0.05) is 18.2 Å². The minimum Gasteiger partial charge on any atom is -0.507 e. The standard InChI is InChI=1S/C25H23N3O4/c1-13(2)26-18-10-11-19(28-16-7-4-6-15(12-16)27-14(3)29)23-22(18)24(31)17-8-5-9-20(30)21(17)25(23)32/h4-13,26,28,30H,1-3H3,(H,27,29). The molecule has 7 heteroatoms. The van der Waals surface area contributed by atoms with Crippen LogP contribution >= 0.6 is 0 Å². The van der Waals surface area contributed by atoms with Gasteiger partial charge in [0.05, 0.1) is 22.4 Å². The number of benzene rings is 3. The lowest BCUT2D eigenvalue weighted by molar-refractivity contribution is -0.114. The van der Waals surface area contributed by atoms with E-state index in [-0.39, 0.29) is 45.7 Å². The zero-order valence-electron chi connectivity index (χ0n) is 17.9. The van der Waals surface area contributed by atoms with Crippen LogP contribution in [0.15, 0.2) is 54.6 Å². The molecule has 0 atom stereocenters. The Bertz CT molecular complexity index is 1260. The van der Waals surface area contributed by atoms with Crippen LogP contribution in [0.4, 0.5) is 22.7 Å². The molecule has 0 spiro atoms. The first-order chi connectivity index (χ1) is 15.3. The highest BCUT2D eigenvalue weighted by molar-refractivity contribution is 6.32. The van der Waals surface area contributed by atoms with E-state index in [1.54, 1.807) is 48.5 Å². The fraction of sp³-hybridized carbons (Fsp3) is 0.160. The predicted molar refractivity (Wildman–Crippen MR) is 124 cm³/mol. The second-order valence-electron chi connectivity index (χ2n) is 7.95. The van der Waals surface area contributed by atoms with Crippen molar-refractivity contribution in [3.63, 3.8) is 0 Å². The summed E-state index contributed by atoms with van der Waals surface area (Å²) in [6, 6.07) is 15.1. The molecular formula is C25H23N3O4. The number of nitrogens with one attached hydrogen (secondary N) is 3. The number of aromatic hydroxyl groups is 1. The van der Waals surface area contributed by atoms with E-state index in [2.05, 4.69) is 16.0 Å². The molecule has 4 rings (SSSR count). The summed E-state index contributed by atoms with van der Waals surface area (Å²) in [7, 11) is 0. The first-order valence-electron chi connectivity index (χ1n) is 10.3. The lowest BCUT2D eigenvalue weighted by Crippen LogP contribution is -2.25. The molecule has 4 N–H and O–H groups in total. The van der Waals surface area contributed by atoms with Crippen molar-refractivity contribution in [2.75, 3.05) is 16.0 Å². The molecule has 0 radical (unpaired) electrons. The molecule has 32 heavy (non-hydrogen) atoms. The summed E-state index contributed by atoms with van der Waals surface area (Å²) in [6.45, 7) is 5.31. The fourth-order valence-electron chi connectivity index (χ4n) is 3.87. The van der Waals surface area contributed by atoms with Gasteiger partial charge in [0.15, 0.2) is 11.6 Å². The van der Waals surface area contributed by atoms with Gasteiger partial charge in [-0.2, -0.15) is 0 Å². The summed E-state index contributed by atoms with van der Waals surface area (Å²) >= 11 is 0. The maximum Gasteiger partial charge on any atom is 0.221 e. The normalized spacial score (nSPS) is 12.2. The van der Waals surface area contributed by atoms with Crippen LogP contribution in [0.1, 0.15) is 52.6 Å². The average Bonchev–Trinajstić information content (AvgIpc) is 2.72. The number of amides is 1. The molecule has 7 nitrogen and oxygen atoms in total. The lowest BCUT2D eigenvalue weighted by atomic mass is 9.81. The van der Waals surface area contributed by atoms with E-state index >= 15 is 0 Å². The van der Waals surface area contributed by atoms with Crippen LogP contribution in [-0.4, -0.2) is 28.6 Å². The molecule has 3 aromatic carbocycles. The van der Waals surface area contributed by atoms with Crippen molar-refractivity contribution in [2.24, 2.45) is 0 Å². The monoisotopic (exact) mass is 429 g/mol. The molecule has 0 aliphatic heterocycles. The number of phenols is 1. The van der Waals surface area contributed by atoms with E-state index in [4.69, 9.17) is 0 Å². The molecule has 162 valence electrons. The zero-order valence-corrected chi connectivity index (χ0v) is 17.9.